The van der Waals surface area contributed by atoms with E-state index < -0.39 is 0 Å². The van der Waals surface area contributed by atoms with Gasteiger partial charge in [0, 0.05) is 44.1 Å². The lowest BCUT2D eigenvalue weighted by Gasteiger charge is -2.40. The molecule has 2 amide bonds. The van der Waals surface area contributed by atoms with Crippen molar-refractivity contribution in [1.29, 1.82) is 0 Å². The van der Waals surface area contributed by atoms with Gasteiger partial charge in [-0.3, -0.25) is 14.7 Å². The van der Waals surface area contributed by atoms with Crippen LogP contribution in [0.4, 0.5) is 0 Å². The van der Waals surface area contributed by atoms with Crippen LogP contribution < -0.4 is 0 Å². The van der Waals surface area contributed by atoms with Gasteiger partial charge in [0.2, 0.25) is 5.91 Å². The van der Waals surface area contributed by atoms with Crippen molar-refractivity contribution >= 4 is 23.4 Å². The molecule has 3 rings (SSSR count). The Morgan fingerprint density at radius 1 is 1.41 bits per heavy atom. The third-order valence-corrected chi connectivity index (χ3v) is 5.07. The second kappa shape index (κ2) is 8.23. The van der Waals surface area contributed by atoms with Gasteiger partial charge in [-0.05, 0) is 19.1 Å². The van der Waals surface area contributed by atoms with Gasteiger partial charge in [0.1, 0.15) is 12.2 Å². The molecule has 1 aliphatic rings. The molecule has 7 nitrogen and oxygen atoms in total. The highest BCUT2D eigenvalue weighted by Gasteiger charge is 2.30. The highest BCUT2D eigenvalue weighted by Crippen LogP contribution is 2.23. The van der Waals surface area contributed by atoms with Crippen LogP contribution in [-0.2, 0) is 11.2 Å². The van der Waals surface area contributed by atoms with Gasteiger partial charge in [-0.25, -0.2) is 4.98 Å². The molecule has 1 N–H and O–H groups in total. The van der Waals surface area contributed by atoms with E-state index >= 15 is 0 Å². The summed E-state index contributed by atoms with van der Waals surface area (Å²) in [4.78, 5) is 32.9. The number of nitrogens with zero attached hydrogens (tertiary/aromatic N) is 4. The Hall–Kier alpha value is -2.85. The number of aromatic nitrogens is 3. The smallest absolute Gasteiger partial charge is 0.255 e. The number of halogens is 1. The lowest BCUT2D eigenvalue weighted by Crippen LogP contribution is -2.55. The zero-order valence-corrected chi connectivity index (χ0v) is 15.7. The summed E-state index contributed by atoms with van der Waals surface area (Å²) in [6.45, 7) is 3.32. The van der Waals surface area contributed by atoms with E-state index in [1.165, 1.54) is 6.33 Å². The minimum Gasteiger partial charge on any atom is -0.336 e. The highest BCUT2D eigenvalue weighted by atomic mass is 35.5. The van der Waals surface area contributed by atoms with Crippen LogP contribution in [0.5, 0.6) is 0 Å². The van der Waals surface area contributed by atoms with Crippen molar-refractivity contribution in [3.05, 3.63) is 46.5 Å². The van der Waals surface area contributed by atoms with E-state index in [0.29, 0.717) is 54.4 Å². The van der Waals surface area contributed by atoms with Crippen molar-refractivity contribution in [1.82, 2.24) is 25.0 Å². The van der Waals surface area contributed by atoms with Crippen LogP contribution in [0.3, 0.4) is 0 Å². The Bertz CT molecular complexity index is 875. The second-order valence-electron chi connectivity index (χ2n) is 6.43. The van der Waals surface area contributed by atoms with Gasteiger partial charge >= 0.3 is 0 Å². The van der Waals surface area contributed by atoms with Crippen molar-refractivity contribution in [3.8, 4) is 12.3 Å². The number of nitrogens with one attached hydrogen (secondary N) is 1. The molecule has 8 heteroatoms. The average Bonchev–Trinajstić information content (AvgIpc) is 3.19. The fourth-order valence-electron chi connectivity index (χ4n) is 3.21. The van der Waals surface area contributed by atoms with Gasteiger partial charge in [0.25, 0.3) is 5.91 Å². The maximum atomic E-state index is 12.8. The number of carbonyl (C=O) groups excluding carboxylic acids is 2. The van der Waals surface area contributed by atoms with Gasteiger partial charge in [0.15, 0.2) is 0 Å². The molecular weight excluding hydrogens is 366 g/mol. The van der Waals surface area contributed by atoms with Gasteiger partial charge in [-0.2, -0.15) is 5.10 Å². The molecule has 0 radical (unpaired) electrons. The number of piperazine rings is 1. The topological polar surface area (TPSA) is 82.2 Å². The SMILES string of the molecule is C#Cc1cccc(C(=O)N2CCN(C(=O)CCc3ncn[nH]3)[C@@H](C)C2)c1Cl. The number of carbonyl (C=O) groups is 2. The molecule has 0 aliphatic carbocycles. The molecule has 0 bridgehead atoms. The molecule has 1 aromatic heterocycles. The lowest BCUT2D eigenvalue weighted by atomic mass is 10.1. The molecule has 1 fully saturated rings. The molecule has 0 spiro atoms. The minimum absolute atomic E-state index is 0.0401. The van der Waals surface area contributed by atoms with Crippen LogP contribution in [0.2, 0.25) is 5.02 Å². The molecule has 140 valence electrons. The van der Waals surface area contributed by atoms with E-state index in [-0.39, 0.29) is 17.9 Å². The molecule has 1 atom stereocenters. The standard InChI is InChI=1S/C19H20ClN5O2/c1-3-14-5-4-6-15(18(14)20)19(27)24-9-10-25(13(2)11-24)17(26)8-7-16-21-12-22-23-16/h1,4-6,12-13H,7-11H2,2H3,(H,21,22,23)/t13-/m0/s1. The summed E-state index contributed by atoms with van der Waals surface area (Å²) >= 11 is 6.26. The number of H-pyrrole nitrogens is 1. The van der Waals surface area contributed by atoms with Crippen LogP contribution in [0, 0.1) is 12.3 Å². The van der Waals surface area contributed by atoms with E-state index in [1.807, 2.05) is 6.92 Å². The predicted octanol–water partition coefficient (Wildman–Crippen LogP) is 1.75. The predicted molar refractivity (Wildman–Crippen MR) is 101 cm³/mol. The number of aromatic amines is 1. The maximum absolute atomic E-state index is 12.8. The fourth-order valence-corrected chi connectivity index (χ4v) is 3.47. The van der Waals surface area contributed by atoms with E-state index in [0.717, 1.165) is 0 Å². The van der Waals surface area contributed by atoms with Gasteiger partial charge in [-0.1, -0.05) is 23.6 Å². The molecule has 1 saturated heterocycles. The molecule has 1 aromatic carbocycles. The Morgan fingerprint density at radius 3 is 2.89 bits per heavy atom. The number of hydrogen-bond acceptors (Lipinski definition) is 4. The molecule has 2 heterocycles. The summed E-state index contributed by atoms with van der Waals surface area (Å²) in [7, 11) is 0. The van der Waals surface area contributed by atoms with Crippen LogP contribution in [0.1, 0.15) is 35.1 Å². The second-order valence-corrected chi connectivity index (χ2v) is 6.81. The zero-order chi connectivity index (χ0) is 19.4. The molecule has 0 saturated carbocycles. The summed E-state index contributed by atoms with van der Waals surface area (Å²) in [6, 6.07) is 5.01. The molecule has 1 aliphatic heterocycles. The minimum atomic E-state index is -0.169. The van der Waals surface area contributed by atoms with Crippen molar-refractivity contribution in [2.45, 2.75) is 25.8 Å². The van der Waals surface area contributed by atoms with Crippen molar-refractivity contribution < 1.29 is 9.59 Å². The molecule has 0 unspecified atom stereocenters. The Balaban J connectivity index is 1.62. The van der Waals surface area contributed by atoms with Crippen LogP contribution in [0.15, 0.2) is 24.5 Å². The van der Waals surface area contributed by atoms with Gasteiger partial charge < -0.3 is 9.80 Å². The summed E-state index contributed by atoms with van der Waals surface area (Å²) in [5, 5.41) is 6.82. The summed E-state index contributed by atoms with van der Waals surface area (Å²) in [5.74, 6) is 3.04. The molecule has 27 heavy (non-hydrogen) atoms. The van der Waals surface area contributed by atoms with E-state index in [4.69, 9.17) is 18.0 Å². The number of amides is 2. The number of benzene rings is 1. The Kier molecular flexibility index (Phi) is 5.77. The number of terminal acetylenes is 1. The first-order valence-corrected chi connectivity index (χ1v) is 9.07. The normalized spacial score (nSPS) is 16.9. The first kappa shape index (κ1) is 18.9. The number of hydrogen-bond donors (Lipinski definition) is 1. The van der Waals surface area contributed by atoms with Crippen LogP contribution >= 0.6 is 11.6 Å². The van der Waals surface area contributed by atoms with Crippen LogP contribution in [0.25, 0.3) is 0 Å². The summed E-state index contributed by atoms with van der Waals surface area (Å²) in [6.07, 6.45) is 7.71. The third-order valence-electron chi connectivity index (χ3n) is 4.66. The van der Waals surface area contributed by atoms with E-state index in [1.54, 1.807) is 28.0 Å². The van der Waals surface area contributed by atoms with Crippen molar-refractivity contribution in [2.75, 3.05) is 19.6 Å². The number of aryl methyl sites for hydroxylation is 1. The summed E-state index contributed by atoms with van der Waals surface area (Å²) < 4.78 is 0. The van der Waals surface area contributed by atoms with E-state index in [2.05, 4.69) is 21.1 Å². The Morgan fingerprint density at radius 2 is 2.22 bits per heavy atom. The molecular formula is C19H20ClN5O2. The Labute approximate surface area is 162 Å². The highest BCUT2D eigenvalue weighted by molar-refractivity contribution is 6.35. The van der Waals surface area contributed by atoms with Crippen molar-refractivity contribution in [3.63, 3.8) is 0 Å². The quantitative estimate of drug-likeness (QED) is 0.813. The maximum Gasteiger partial charge on any atom is 0.255 e. The first-order chi connectivity index (χ1) is 13.0. The van der Waals surface area contributed by atoms with E-state index in [9.17, 15) is 9.59 Å². The van der Waals surface area contributed by atoms with Gasteiger partial charge in [0.05, 0.1) is 10.6 Å². The van der Waals surface area contributed by atoms with Crippen molar-refractivity contribution in [2.24, 2.45) is 0 Å². The zero-order valence-electron chi connectivity index (χ0n) is 15.0. The first-order valence-electron chi connectivity index (χ1n) is 8.69. The number of rotatable bonds is 4. The largest absolute Gasteiger partial charge is 0.336 e. The fraction of sp³-hybridized carbons (Fsp3) is 0.368. The summed E-state index contributed by atoms with van der Waals surface area (Å²) in [5.41, 5.74) is 0.890. The lowest BCUT2D eigenvalue weighted by molar-refractivity contribution is -0.135. The van der Waals surface area contributed by atoms with Crippen LogP contribution in [-0.4, -0.2) is 62.5 Å². The van der Waals surface area contributed by atoms with Gasteiger partial charge in [-0.15, -0.1) is 6.42 Å². The third kappa shape index (κ3) is 4.12. The monoisotopic (exact) mass is 385 g/mol. The average molecular weight is 386 g/mol. The molecule has 2 aromatic rings.